The average molecular weight is 366 g/mol. The predicted octanol–water partition coefficient (Wildman–Crippen LogP) is 4.38. The van der Waals surface area contributed by atoms with Crippen LogP contribution in [0.1, 0.15) is 24.2 Å². The topological polar surface area (TPSA) is 71.6 Å². The third-order valence-corrected chi connectivity index (χ3v) is 3.71. The van der Waals surface area contributed by atoms with Gasteiger partial charge in [-0.3, -0.25) is 4.79 Å². The maximum absolute atomic E-state index is 13.5. The van der Waals surface area contributed by atoms with Gasteiger partial charge in [-0.05, 0) is 34.7 Å². The number of nitrogen functional groups attached to an aromatic ring is 1. The Morgan fingerprint density at radius 3 is 2.48 bits per heavy atom. The van der Waals surface area contributed by atoms with Crippen molar-refractivity contribution in [2.24, 2.45) is 4.99 Å². The van der Waals surface area contributed by atoms with E-state index in [1.165, 1.54) is 24.7 Å². The van der Waals surface area contributed by atoms with E-state index in [1.54, 1.807) is 37.2 Å². The lowest BCUT2D eigenvalue weighted by atomic mass is 9.99. The SMILES string of the molecule is CC.CN(C)C=NC(=O)c1cnc(N)c2cc(-c3cccc(F)c3)ccc12. The van der Waals surface area contributed by atoms with Crippen LogP contribution < -0.4 is 5.73 Å². The van der Waals surface area contributed by atoms with Gasteiger partial charge in [0.1, 0.15) is 11.6 Å². The van der Waals surface area contributed by atoms with Gasteiger partial charge in [-0.15, -0.1) is 0 Å². The smallest absolute Gasteiger partial charge is 0.280 e. The lowest BCUT2D eigenvalue weighted by Crippen LogP contribution is -2.10. The maximum atomic E-state index is 13.5. The summed E-state index contributed by atoms with van der Waals surface area (Å²) in [6, 6.07) is 11.7. The van der Waals surface area contributed by atoms with Crippen LogP contribution in [0.25, 0.3) is 21.9 Å². The minimum absolute atomic E-state index is 0.307. The fourth-order valence-electron chi connectivity index (χ4n) is 2.52. The van der Waals surface area contributed by atoms with E-state index in [0.29, 0.717) is 22.2 Å². The molecule has 0 atom stereocenters. The summed E-state index contributed by atoms with van der Waals surface area (Å²) in [5.74, 6) is -0.406. The van der Waals surface area contributed by atoms with Crippen molar-refractivity contribution in [2.75, 3.05) is 19.8 Å². The Balaban J connectivity index is 0.00000126. The van der Waals surface area contributed by atoms with Gasteiger partial charge in [0, 0.05) is 25.7 Å². The highest BCUT2D eigenvalue weighted by Gasteiger charge is 2.13. The first-order valence-electron chi connectivity index (χ1n) is 8.65. The summed E-state index contributed by atoms with van der Waals surface area (Å²) in [4.78, 5) is 22.0. The van der Waals surface area contributed by atoms with Gasteiger partial charge in [-0.25, -0.2) is 9.37 Å². The number of fused-ring (bicyclic) bond motifs is 1. The zero-order valence-electron chi connectivity index (χ0n) is 15.9. The first-order chi connectivity index (χ1) is 13.0. The number of carbonyl (C=O) groups is 1. The maximum Gasteiger partial charge on any atom is 0.280 e. The number of nitrogens with two attached hydrogens (primary N) is 1. The molecule has 0 aliphatic heterocycles. The number of anilines is 1. The molecule has 0 spiro atoms. The fourth-order valence-corrected chi connectivity index (χ4v) is 2.52. The number of carbonyl (C=O) groups excluding carboxylic acids is 1. The van der Waals surface area contributed by atoms with Crippen LogP contribution in [0.3, 0.4) is 0 Å². The van der Waals surface area contributed by atoms with Crippen molar-refractivity contribution in [1.82, 2.24) is 9.88 Å². The number of amides is 1. The number of aliphatic imine (C=N–C) groups is 1. The van der Waals surface area contributed by atoms with Crippen LogP contribution in [-0.2, 0) is 0 Å². The third kappa shape index (κ3) is 4.67. The molecule has 1 amide bonds. The van der Waals surface area contributed by atoms with E-state index in [1.807, 2.05) is 26.0 Å². The summed E-state index contributed by atoms with van der Waals surface area (Å²) in [5, 5.41) is 1.29. The van der Waals surface area contributed by atoms with Crippen LogP contribution in [0.2, 0.25) is 0 Å². The molecule has 0 bridgehead atoms. The lowest BCUT2D eigenvalue weighted by Gasteiger charge is -2.09. The number of halogens is 1. The monoisotopic (exact) mass is 366 g/mol. The first kappa shape index (κ1) is 20.0. The molecule has 140 valence electrons. The van der Waals surface area contributed by atoms with E-state index in [2.05, 4.69) is 9.98 Å². The highest BCUT2D eigenvalue weighted by molar-refractivity contribution is 6.11. The second kappa shape index (κ2) is 8.89. The molecule has 3 aromatic rings. The summed E-state index contributed by atoms with van der Waals surface area (Å²) in [5.41, 5.74) is 7.87. The van der Waals surface area contributed by atoms with Gasteiger partial charge < -0.3 is 10.6 Å². The predicted molar refractivity (Wildman–Crippen MR) is 109 cm³/mol. The van der Waals surface area contributed by atoms with E-state index >= 15 is 0 Å². The average Bonchev–Trinajstić information content (AvgIpc) is 2.68. The Bertz CT molecular complexity index is 983. The summed E-state index contributed by atoms with van der Waals surface area (Å²) in [7, 11) is 3.56. The van der Waals surface area contributed by atoms with Crippen molar-refractivity contribution in [2.45, 2.75) is 13.8 Å². The normalized spacial score (nSPS) is 10.6. The highest BCUT2D eigenvalue weighted by Crippen LogP contribution is 2.29. The van der Waals surface area contributed by atoms with Crippen molar-refractivity contribution in [3.63, 3.8) is 0 Å². The minimum atomic E-state index is -0.398. The van der Waals surface area contributed by atoms with Crippen molar-refractivity contribution in [1.29, 1.82) is 0 Å². The van der Waals surface area contributed by atoms with Crippen molar-refractivity contribution in [3.8, 4) is 11.1 Å². The number of rotatable bonds is 3. The van der Waals surface area contributed by atoms with Crippen molar-refractivity contribution >= 4 is 28.8 Å². The second-order valence-electron chi connectivity index (χ2n) is 5.84. The van der Waals surface area contributed by atoms with Gasteiger partial charge in [0.25, 0.3) is 5.91 Å². The van der Waals surface area contributed by atoms with Crippen LogP contribution in [0, 0.1) is 5.82 Å². The first-order valence-corrected chi connectivity index (χ1v) is 8.65. The number of pyridine rings is 1. The van der Waals surface area contributed by atoms with Gasteiger partial charge >= 0.3 is 0 Å². The number of hydrogen-bond donors (Lipinski definition) is 1. The van der Waals surface area contributed by atoms with E-state index in [4.69, 9.17) is 5.73 Å². The minimum Gasteiger partial charge on any atom is -0.383 e. The number of nitrogens with zero attached hydrogens (tertiary/aromatic N) is 3. The molecular formula is C21H23FN4O. The molecule has 0 saturated carbocycles. The van der Waals surface area contributed by atoms with E-state index in [0.717, 1.165) is 11.1 Å². The molecule has 2 aromatic carbocycles. The van der Waals surface area contributed by atoms with E-state index in [9.17, 15) is 9.18 Å². The van der Waals surface area contributed by atoms with E-state index < -0.39 is 5.91 Å². The van der Waals surface area contributed by atoms with Crippen LogP contribution in [-0.4, -0.2) is 36.2 Å². The van der Waals surface area contributed by atoms with Crippen LogP contribution in [0.15, 0.2) is 53.7 Å². The summed E-state index contributed by atoms with van der Waals surface area (Å²) >= 11 is 0. The number of hydrogen-bond acceptors (Lipinski definition) is 3. The van der Waals surface area contributed by atoms with Crippen molar-refractivity contribution < 1.29 is 9.18 Å². The number of benzene rings is 2. The van der Waals surface area contributed by atoms with Crippen LogP contribution >= 0.6 is 0 Å². The summed E-state index contributed by atoms with van der Waals surface area (Å²) in [6.45, 7) is 4.00. The molecule has 1 heterocycles. The van der Waals surface area contributed by atoms with Gasteiger partial charge in [0.05, 0.1) is 11.9 Å². The molecular weight excluding hydrogens is 343 g/mol. The molecule has 0 fully saturated rings. The molecule has 2 N–H and O–H groups in total. The molecule has 3 rings (SSSR count). The van der Waals surface area contributed by atoms with Crippen LogP contribution in [0.5, 0.6) is 0 Å². The Labute approximate surface area is 158 Å². The molecule has 0 aliphatic rings. The molecule has 0 saturated heterocycles. The van der Waals surface area contributed by atoms with Crippen LogP contribution in [0.4, 0.5) is 10.2 Å². The Morgan fingerprint density at radius 1 is 1.11 bits per heavy atom. The van der Waals surface area contributed by atoms with Gasteiger partial charge in [-0.1, -0.05) is 38.1 Å². The molecule has 0 aliphatic carbocycles. The largest absolute Gasteiger partial charge is 0.383 e. The van der Waals surface area contributed by atoms with Crippen molar-refractivity contribution in [3.05, 3.63) is 60.0 Å². The second-order valence-corrected chi connectivity index (χ2v) is 5.84. The van der Waals surface area contributed by atoms with Gasteiger partial charge in [0.2, 0.25) is 0 Å². The molecule has 5 nitrogen and oxygen atoms in total. The lowest BCUT2D eigenvalue weighted by molar-refractivity contribution is 0.100. The van der Waals surface area contributed by atoms with Gasteiger partial charge in [-0.2, -0.15) is 4.99 Å². The Hall–Kier alpha value is -3.28. The quantitative estimate of drug-likeness (QED) is 0.551. The summed E-state index contributed by atoms with van der Waals surface area (Å²) in [6.07, 6.45) is 2.86. The molecule has 6 heteroatoms. The zero-order valence-corrected chi connectivity index (χ0v) is 15.9. The van der Waals surface area contributed by atoms with E-state index in [-0.39, 0.29) is 5.82 Å². The molecule has 1 aromatic heterocycles. The van der Waals surface area contributed by atoms with Gasteiger partial charge in [0.15, 0.2) is 0 Å². The Morgan fingerprint density at radius 2 is 1.81 bits per heavy atom. The Kier molecular flexibility index (Phi) is 6.60. The highest BCUT2D eigenvalue weighted by atomic mass is 19.1. The molecule has 27 heavy (non-hydrogen) atoms. The molecule has 0 radical (unpaired) electrons. The third-order valence-electron chi connectivity index (χ3n) is 3.71. The number of aromatic nitrogens is 1. The zero-order chi connectivity index (χ0) is 20.0. The molecule has 0 unspecified atom stereocenters. The standard InChI is InChI=1S/C19H17FN4O.C2H6/c1-24(2)11-23-19(25)17-10-22-18(21)16-9-13(6-7-15(16)17)12-4-3-5-14(20)8-12;1-2/h3-11H,1-2H3,(H2,21,22);1-2H3. The fraction of sp³-hybridized carbons (Fsp3) is 0.190. The summed E-state index contributed by atoms with van der Waals surface area (Å²) < 4.78 is 13.5.